The van der Waals surface area contributed by atoms with Crippen molar-refractivity contribution in [1.29, 1.82) is 0 Å². The number of anilines is 2. The fourth-order valence-electron chi connectivity index (χ4n) is 2.82. The lowest BCUT2D eigenvalue weighted by atomic mass is 10.1. The topological polar surface area (TPSA) is 96.5 Å². The van der Waals surface area contributed by atoms with Gasteiger partial charge >= 0.3 is 12.1 Å². The van der Waals surface area contributed by atoms with Gasteiger partial charge in [0, 0.05) is 24.2 Å². The van der Waals surface area contributed by atoms with Crippen molar-refractivity contribution in [1.82, 2.24) is 20.2 Å². The van der Waals surface area contributed by atoms with Crippen molar-refractivity contribution >= 4 is 35.0 Å². The molecule has 184 valence electrons. The van der Waals surface area contributed by atoms with Gasteiger partial charge in [0.1, 0.15) is 11.6 Å². The van der Waals surface area contributed by atoms with E-state index in [1.165, 1.54) is 36.7 Å². The Kier molecular flexibility index (Phi) is 8.26. The van der Waals surface area contributed by atoms with E-state index in [1.807, 2.05) is 19.0 Å². The number of carbonyl (C=O) groups is 2. The second kappa shape index (κ2) is 11.2. The molecule has 0 radical (unpaired) electrons. The number of likely N-dealkylation sites (N-methyl/N-ethyl adjacent to an activating group) is 1. The van der Waals surface area contributed by atoms with Gasteiger partial charge in [-0.3, -0.25) is 9.78 Å². The average molecular weight is 508 g/mol. The molecule has 3 aromatic rings. The third kappa shape index (κ3) is 7.39. The number of amides is 1. The summed E-state index contributed by atoms with van der Waals surface area (Å²) >= 11 is 6.27. The Bertz CT molecular complexity index is 1200. The number of hydrogen-bond acceptors (Lipinski definition) is 7. The largest absolute Gasteiger partial charge is 0.491 e. The number of benzene rings is 2. The van der Waals surface area contributed by atoms with Crippen LogP contribution in [0, 0.1) is 0 Å². The molecule has 0 saturated carbocycles. The molecule has 0 atom stereocenters. The summed E-state index contributed by atoms with van der Waals surface area (Å²) in [7, 11) is 3.81. The van der Waals surface area contributed by atoms with E-state index in [0.29, 0.717) is 46.4 Å². The van der Waals surface area contributed by atoms with Crippen LogP contribution >= 0.6 is 11.6 Å². The Hall–Kier alpha value is -3.70. The highest BCUT2D eigenvalue weighted by Crippen LogP contribution is 2.28. The van der Waals surface area contributed by atoms with Gasteiger partial charge in [0.15, 0.2) is 0 Å². The number of nitrogens with zero attached hydrogens (tertiary/aromatic N) is 3. The van der Waals surface area contributed by atoms with Gasteiger partial charge in [-0.1, -0.05) is 11.6 Å². The van der Waals surface area contributed by atoms with Gasteiger partial charge in [-0.05, 0) is 56.6 Å². The van der Waals surface area contributed by atoms with E-state index in [2.05, 4.69) is 25.3 Å². The molecular weight excluding hydrogens is 487 g/mol. The summed E-state index contributed by atoms with van der Waals surface area (Å²) in [6.07, 6.45) is -2.18. The summed E-state index contributed by atoms with van der Waals surface area (Å²) in [6, 6.07) is 10.1. The van der Waals surface area contributed by atoms with E-state index in [1.54, 1.807) is 18.2 Å². The van der Waals surface area contributed by atoms with Crippen LogP contribution in [-0.4, -0.2) is 60.1 Å². The van der Waals surface area contributed by atoms with Crippen LogP contribution in [0.4, 0.5) is 24.7 Å². The summed E-state index contributed by atoms with van der Waals surface area (Å²) in [5, 5.41) is 6.20. The number of hydrogen-bond donors (Lipinski definition) is 2. The van der Waals surface area contributed by atoms with Crippen molar-refractivity contribution in [3.8, 4) is 17.0 Å². The van der Waals surface area contributed by atoms with Crippen LogP contribution in [0.2, 0.25) is 5.02 Å². The molecule has 1 heterocycles. The fourth-order valence-corrected chi connectivity index (χ4v) is 2.98. The van der Waals surface area contributed by atoms with E-state index in [-0.39, 0.29) is 11.7 Å². The van der Waals surface area contributed by atoms with Crippen LogP contribution in [0.5, 0.6) is 5.75 Å². The molecule has 2 N–H and O–H groups in total. The van der Waals surface area contributed by atoms with Crippen LogP contribution in [-0.2, 0) is 4.79 Å². The monoisotopic (exact) mass is 507 g/mol. The van der Waals surface area contributed by atoms with E-state index < -0.39 is 12.1 Å². The standard InChI is InChI=1S/C23H21ClF3N5O3/c1-32(2)10-9-29-21(33)15-5-8-17(24)18(11-15)30-20-13-28-12-19(31-20)14-3-6-16(7-4-14)35-22(34)23(25,26)27/h3-8,11-13H,9-10H2,1-2H3,(H,29,33)(H,30,31). The number of alkyl halides is 3. The molecule has 0 aliphatic heterocycles. The molecule has 1 aromatic heterocycles. The molecule has 3 rings (SSSR count). The zero-order valence-corrected chi connectivity index (χ0v) is 19.4. The second-order valence-electron chi connectivity index (χ2n) is 7.58. The summed E-state index contributed by atoms with van der Waals surface area (Å²) in [5.74, 6) is -2.49. The molecular formula is C23H21ClF3N5O3. The van der Waals surface area contributed by atoms with Crippen molar-refractivity contribution in [2.24, 2.45) is 0 Å². The lowest BCUT2D eigenvalue weighted by molar-refractivity contribution is -0.189. The van der Waals surface area contributed by atoms with Gasteiger partial charge in [0.2, 0.25) is 0 Å². The van der Waals surface area contributed by atoms with Gasteiger partial charge in [0.25, 0.3) is 5.91 Å². The number of nitrogens with one attached hydrogen (secondary N) is 2. The molecule has 2 aromatic carbocycles. The quantitative estimate of drug-likeness (QED) is 0.346. The molecule has 0 unspecified atom stereocenters. The first-order valence-electron chi connectivity index (χ1n) is 10.2. The van der Waals surface area contributed by atoms with E-state index in [0.717, 1.165) is 0 Å². The Morgan fingerprint density at radius 2 is 1.80 bits per heavy atom. The summed E-state index contributed by atoms with van der Waals surface area (Å²) in [6.45, 7) is 1.18. The Balaban J connectivity index is 1.73. The first-order chi connectivity index (χ1) is 16.5. The van der Waals surface area contributed by atoms with Gasteiger partial charge in [-0.15, -0.1) is 0 Å². The van der Waals surface area contributed by atoms with Gasteiger partial charge in [0.05, 0.1) is 28.8 Å². The maximum absolute atomic E-state index is 12.4. The molecule has 12 heteroatoms. The normalized spacial score (nSPS) is 11.3. The zero-order valence-electron chi connectivity index (χ0n) is 18.7. The summed E-state index contributed by atoms with van der Waals surface area (Å²) in [4.78, 5) is 33.9. The third-order valence-corrected chi connectivity index (χ3v) is 4.89. The first-order valence-corrected chi connectivity index (χ1v) is 10.6. The van der Waals surface area contributed by atoms with Crippen molar-refractivity contribution in [3.63, 3.8) is 0 Å². The van der Waals surface area contributed by atoms with Gasteiger partial charge in [-0.25, -0.2) is 9.78 Å². The molecule has 0 aliphatic rings. The molecule has 0 aliphatic carbocycles. The van der Waals surface area contributed by atoms with Crippen LogP contribution in [0.15, 0.2) is 54.9 Å². The maximum Gasteiger partial charge on any atom is 0.491 e. The predicted octanol–water partition coefficient (Wildman–Crippen LogP) is 4.30. The van der Waals surface area contributed by atoms with Crippen molar-refractivity contribution in [3.05, 3.63) is 65.4 Å². The van der Waals surface area contributed by atoms with Crippen LogP contribution in [0.1, 0.15) is 10.4 Å². The Morgan fingerprint density at radius 1 is 1.09 bits per heavy atom. The molecule has 35 heavy (non-hydrogen) atoms. The number of esters is 1. The minimum Gasteiger partial charge on any atom is -0.420 e. The van der Waals surface area contributed by atoms with E-state index >= 15 is 0 Å². The highest BCUT2D eigenvalue weighted by atomic mass is 35.5. The second-order valence-corrected chi connectivity index (χ2v) is 7.99. The highest BCUT2D eigenvalue weighted by Gasteiger charge is 2.41. The summed E-state index contributed by atoms with van der Waals surface area (Å²) < 4.78 is 41.3. The number of halogens is 4. The molecule has 8 nitrogen and oxygen atoms in total. The number of ether oxygens (including phenoxy) is 1. The minimum atomic E-state index is -5.09. The SMILES string of the molecule is CN(C)CCNC(=O)c1ccc(Cl)c(Nc2cncc(-c3ccc(OC(=O)C(F)(F)F)cc3)n2)c1. The van der Waals surface area contributed by atoms with Gasteiger partial charge < -0.3 is 20.3 Å². The van der Waals surface area contributed by atoms with Crippen LogP contribution < -0.4 is 15.4 Å². The van der Waals surface area contributed by atoms with Crippen LogP contribution in [0.3, 0.4) is 0 Å². The fraction of sp³-hybridized carbons (Fsp3) is 0.217. The molecule has 0 saturated heterocycles. The van der Waals surface area contributed by atoms with Crippen LogP contribution in [0.25, 0.3) is 11.3 Å². The lowest BCUT2D eigenvalue weighted by Crippen LogP contribution is -2.31. The number of carbonyl (C=O) groups excluding carboxylic acids is 2. The van der Waals surface area contributed by atoms with E-state index in [9.17, 15) is 22.8 Å². The number of aromatic nitrogens is 2. The average Bonchev–Trinajstić information content (AvgIpc) is 2.80. The minimum absolute atomic E-state index is 0.252. The van der Waals surface area contributed by atoms with E-state index in [4.69, 9.17) is 11.6 Å². The summed E-state index contributed by atoms with van der Waals surface area (Å²) in [5.41, 5.74) is 1.77. The Labute approximate surface area is 204 Å². The smallest absolute Gasteiger partial charge is 0.420 e. The third-order valence-electron chi connectivity index (χ3n) is 4.56. The maximum atomic E-state index is 12.4. The molecule has 0 bridgehead atoms. The van der Waals surface area contributed by atoms with Crippen molar-refractivity contribution in [2.75, 3.05) is 32.5 Å². The Morgan fingerprint density at radius 3 is 2.46 bits per heavy atom. The molecule has 0 fully saturated rings. The molecule has 1 amide bonds. The van der Waals surface area contributed by atoms with Crippen molar-refractivity contribution < 1.29 is 27.5 Å². The lowest BCUT2D eigenvalue weighted by Gasteiger charge is -2.12. The van der Waals surface area contributed by atoms with Crippen molar-refractivity contribution in [2.45, 2.75) is 6.18 Å². The zero-order chi connectivity index (χ0) is 25.6. The highest BCUT2D eigenvalue weighted by molar-refractivity contribution is 6.33. The van der Waals surface area contributed by atoms with Gasteiger partial charge in [-0.2, -0.15) is 13.2 Å². The number of rotatable bonds is 8. The first kappa shape index (κ1) is 25.9. The molecule has 0 spiro atoms. The predicted molar refractivity (Wildman–Crippen MR) is 125 cm³/mol.